The van der Waals surface area contributed by atoms with Gasteiger partial charge < -0.3 is 0 Å². The number of carbonyl (C=O) groups excluding carboxylic acids is 1. The molecule has 0 aliphatic rings. The highest BCUT2D eigenvalue weighted by Crippen LogP contribution is 2.19. The molecule has 0 saturated heterocycles. The topological polar surface area (TPSA) is 33.2 Å². The van der Waals surface area contributed by atoms with Crippen molar-refractivity contribution in [1.82, 2.24) is 4.98 Å². The monoisotopic (exact) mass is 322 g/mol. The van der Waals surface area contributed by atoms with E-state index in [1.54, 1.807) is 25.2 Å². The third-order valence-corrected chi connectivity index (χ3v) is 3.17. The average Bonchev–Trinajstić information content (AvgIpc) is 2.40. The Labute approximate surface area is 119 Å². The molecule has 0 atom stereocenters. The van der Waals surface area contributed by atoms with Gasteiger partial charge in [0.15, 0.2) is 0 Å². The number of anilines is 1. The van der Waals surface area contributed by atoms with E-state index in [1.165, 1.54) is 17.0 Å². The van der Waals surface area contributed by atoms with Gasteiger partial charge in [-0.1, -0.05) is 22.0 Å². The molecule has 2 aromatic rings. The van der Waals surface area contributed by atoms with Crippen LogP contribution >= 0.6 is 15.9 Å². The predicted octanol–water partition coefficient (Wildman–Crippen LogP) is 3.57. The van der Waals surface area contributed by atoms with Crippen LogP contribution < -0.4 is 4.90 Å². The predicted molar refractivity (Wildman–Crippen MR) is 75.8 cm³/mol. The Morgan fingerprint density at radius 3 is 2.74 bits per heavy atom. The maximum atomic E-state index is 13.7. The molecule has 0 bridgehead atoms. The third-order valence-electron chi connectivity index (χ3n) is 2.68. The summed E-state index contributed by atoms with van der Waals surface area (Å²) < 4.78 is 14.3. The van der Waals surface area contributed by atoms with Gasteiger partial charge in [-0.2, -0.15) is 0 Å². The molecule has 0 saturated carbocycles. The summed E-state index contributed by atoms with van der Waals surface area (Å²) >= 11 is 3.23. The number of amides is 1. The van der Waals surface area contributed by atoms with E-state index < -0.39 is 11.7 Å². The first kappa shape index (κ1) is 13.7. The largest absolute Gasteiger partial charge is 0.296 e. The number of hydrogen-bond acceptors (Lipinski definition) is 2. The van der Waals surface area contributed by atoms with Crippen LogP contribution in [0.1, 0.15) is 16.1 Å². The fourth-order valence-corrected chi connectivity index (χ4v) is 2.02. The van der Waals surface area contributed by atoms with E-state index in [2.05, 4.69) is 20.9 Å². The summed E-state index contributed by atoms with van der Waals surface area (Å²) in [5.74, 6) is -0.492. The quantitative estimate of drug-likeness (QED) is 0.846. The minimum Gasteiger partial charge on any atom is -0.296 e. The van der Waals surface area contributed by atoms with Crippen molar-refractivity contribution in [3.63, 3.8) is 0 Å². The Hall–Kier alpha value is -1.75. The van der Waals surface area contributed by atoms with Gasteiger partial charge >= 0.3 is 0 Å². The van der Waals surface area contributed by atoms with Gasteiger partial charge in [-0.3, -0.25) is 9.69 Å². The zero-order valence-corrected chi connectivity index (χ0v) is 12.1. The normalized spacial score (nSPS) is 10.3. The summed E-state index contributed by atoms with van der Waals surface area (Å²) in [6.07, 6.45) is 0. The molecule has 1 aromatic heterocycles. The number of carbonyl (C=O) groups is 1. The molecule has 1 aromatic carbocycles. The number of halogens is 2. The van der Waals surface area contributed by atoms with Crippen LogP contribution in [0.5, 0.6) is 0 Å². The lowest BCUT2D eigenvalue weighted by Crippen LogP contribution is -2.28. The minimum atomic E-state index is -0.548. The molecule has 98 valence electrons. The Morgan fingerprint density at radius 1 is 1.32 bits per heavy atom. The van der Waals surface area contributed by atoms with E-state index in [0.29, 0.717) is 10.3 Å². The summed E-state index contributed by atoms with van der Waals surface area (Å²) in [5.41, 5.74) is 0.812. The molecule has 0 aliphatic heterocycles. The van der Waals surface area contributed by atoms with Crippen LogP contribution in [0.25, 0.3) is 0 Å². The summed E-state index contributed by atoms with van der Waals surface area (Å²) in [6, 6.07) is 9.62. The number of hydrogen-bond donors (Lipinski definition) is 0. The van der Waals surface area contributed by atoms with Crippen LogP contribution in [-0.4, -0.2) is 17.9 Å². The first-order valence-electron chi connectivity index (χ1n) is 5.66. The van der Waals surface area contributed by atoms with Crippen molar-refractivity contribution in [2.24, 2.45) is 0 Å². The molecule has 5 heteroatoms. The number of nitrogens with zero attached hydrogens (tertiary/aromatic N) is 2. The van der Waals surface area contributed by atoms with Gasteiger partial charge in [0.05, 0.1) is 5.56 Å². The van der Waals surface area contributed by atoms with Crippen molar-refractivity contribution in [2.45, 2.75) is 6.92 Å². The van der Waals surface area contributed by atoms with E-state index in [0.717, 1.165) is 5.69 Å². The Bertz CT molecular complexity index is 631. The second-order valence-electron chi connectivity index (χ2n) is 4.13. The molecule has 2 rings (SSSR count). The zero-order valence-electron chi connectivity index (χ0n) is 10.5. The van der Waals surface area contributed by atoms with Crippen LogP contribution in [-0.2, 0) is 0 Å². The van der Waals surface area contributed by atoms with Crippen molar-refractivity contribution in [2.75, 3.05) is 11.9 Å². The lowest BCUT2D eigenvalue weighted by Gasteiger charge is -2.17. The molecular formula is C14H12BrFN2O. The van der Waals surface area contributed by atoms with E-state index >= 15 is 0 Å². The van der Waals surface area contributed by atoms with Crippen molar-refractivity contribution >= 4 is 27.7 Å². The second-order valence-corrected chi connectivity index (χ2v) is 5.04. The van der Waals surface area contributed by atoms with Gasteiger partial charge in [0.2, 0.25) is 0 Å². The van der Waals surface area contributed by atoms with Crippen molar-refractivity contribution in [1.29, 1.82) is 0 Å². The smallest absolute Gasteiger partial charge is 0.262 e. The summed E-state index contributed by atoms with van der Waals surface area (Å²) in [6.45, 7) is 1.83. The fraction of sp³-hybridized carbons (Fsp3) is 0.143. The molecule has 0 aliphatic carbocycles. The van der Waals surface area contributed by atoms with E-state index in [1.807, 2.05) is 13.0 Å². The van der Waals surface area contributed by atoms with Gasteiger partial charge in [-0.25, -0.2) is 9.37 Å². The molecular weight excluding hydrogens is 311 g/mol. The van der Waals surface area contributed by atoms with Crippen LogP contribution in [0.3, 0.4) is 0 Å². The lowest BCUT2D eigenvalue weighted by molar-refractivity contribution is 0.0988. The lowest BCUT2D eigenvalue weighted by atomic mass is 10.2. The molecule has 0 unspecified atom stereocenters. The molecule has 19 heavy (non-hydrogen) atoms. The van der Waals surface area contributed by atoms with E-state index in [4.69, 9.17) is 0 Å². The van der Waals surface area contributed by atoms with Gasteiger partial charge in [0.25, 0.3) is 5.91 Å². The SMILES string of the molecule is Cc1cccc(N(C)C(=O)c2cc(Br)ccc2F)n1. The Morgan fingerprint density at radius 2 is 2.05 bits per heavy atom. The van der Waals surface area contributed by atoms with Crippen molar-refractivity contribution < 1.29 is 9.18 Å². The minimum absolute atomic E-state index is 0.0141. The Balaban J connectivity index is 2.36. The van der Waals surface area contributed by atoms with Crippen LogP contribution in [0.2, 0.25) is 0 Å². The highest BCUT2D eigenvalue weighted by Gasteiger charge is 2.18. The molecule has 0 fully saturated rings. The first-order chi connectivity index (χ1) is 8.99. The summed E-state index contributed by atoms with van der Waals surface area (Å²) in [5, 5.41) is 0. The van der Waals surface area contributed by atoms with Gasteiger partial charge in [-0.15, -0.1) is 0 Å². The summed E-state index contributed by atoms with van der Waals surface area (Å²) in [4.78, 5) is 17.8. The first-order valence-corrected chi connectivity index (χ1v) is 6.45. The fourth-order valence-electron chi connectivity index (χ4n) is 1.66. The van der Waals surface area contributed by atoms with Crippen molar-refractivity contribution in [3.8, 4) is 0 Å². The number of aromatic nitrogens is 1. The van der Waals surface area contributed by atoms with Gasteiger partial charge in [-0.05, 0) is 37.3 Å². The van der Waals surface area contributed by atoms with Crippen LogP contribution in [0, 0.1) is 12.7 Å². The Kier molecular flexibility index (Phi) is 3.95. The third kappa shape index (κ3) is 2.98. The van der Waals surface area contributed by atoms with E-state index in [9.17, 15) is 9.18 Å². The van der Waals surface area contributed by atoms with Gasteiger partial charge in [0, 0.05) is 17.2 Å². The molecule has 0 spiro atoms. The number of aryl methyl sites for hydroxylation is 1. The molecule has 0 radical (unpaired) electrons. The highest BCUT2D eigenvalue weighted by atomic mass is 79.9. The highest BCUT2D eigenvalue weighted by molar-refractivity contribution is 9.10. The average molecular weight is 323 g/mol. The van der Waals surface area contributed by atoms with Crippen LogP contribution in [0.15, 0.2) is 40.9 Å². The number of rotatable bonds is 2. The molecule has 1 amide bonds. The zero-order chi connectivity index (χ0) is 14.0. The molecule has 1 heterocycles. The van der Waals surface area contributed by atoms with Crippen molar-refractivity contribution in [3.05, 3.63) is 57.9 Å². The van der Waals surface area contributed by atoms with Crippen LogP contribution in [0.4, 0.5) is 10.2 Å². The van der Waals surface area contributed by atoms with E-state index in [-0.39, 0.29) is 5.56 Å². The number of benzene rings is 1. The second kappa shape index (κ2) is 5.48. The maximum Gasteiger partial charge on any atom is 0.262 e. The maximum absolute atomic E-state index is 13.7. The standard InChI is InChI=1S/C14H12BrFN2O/c1-9-4-3-5-13(17-9)18(2)14(19)11-8-10(15)6-7-12(11)16/h3-8H,1-2H3. The molecule has 3 nitrogen and oxygen atoms in total. The number of pyridine rings is 1. The summed E-state index contributed by atoms with van der Waals surface area (Å²) in [7, 11) is 1.57. The molecule has 0 N–H and O–H groups in total. The van der Waals surface area contributed by atoms with Gasteiger partial charge in [0.1, 0.15) is 11.6 Å².